The van der Waals surface area contributed by atoms with Gasteiger partial charge < -0.3 is 0 Å². The van der Waals surface area contributed by atoms with Crippen LogP contribution >= 0.6 is 15.9 Å². The van der Waals surface area contributed by atoms with Crippen molar-refractivity contribution in [1.29, 1.82) is 0 Å². The zero-order valence-corrected chi connectivity index (χ0v) is 11.9. The van der Waals surface area contributed by atoms with Crippen molar-refractivity contribution in [2.24, 2.45) is 0 Å². The van der Waals surface area contributed by atoms with E-state index in [0.29, 0.717) is 4.83 Å². The van der Waals surface area contributed by atoms with Crippen LogP contribution in [0.15, 0.2) is 36.5 Å². The number of piperidine rings is 1. The largest absolute Gasteiger partial charge is 0.298 e. The van der Waals surface area contributed by atoms with E-state index in [0.717, 1.165) is 18.6 Å². The summed E-state index contributed by atoms with van der Waals surface area (Å²) in [7, 11) is 0. The molecule has 18 heavy (non-hydrogen) atoms. The minimum absolute atomic E-state index is 0.647. The quantitative estimate of drug-likeness (QED) is 0.788. The maximum absolute atomic E-state index is 4.53. The summed E-state index contributed by atoms with van der Waals surface area (Å²) in [5, 5.41) is 1.24. The normalized spacial score (nSPS) is 21.3. The number of nitrogens with zero attached hydrogens (tertiary/aromatic N) is 2. The van der Waals surface area contributed by atoms with E-state index in [1.807, 2.05) is 12.3 Å². The molecule has 0 bridgehead atoms. The van der Waals surface area contributed by atoms with Gasteiger partial charge in [-0.2, -0.15) is 0 Å². The van der Waals surface area contributed by atoms with Crippen LogP contribution in [0.25, 0.3) is 10.9 Å². The molecule has 1 atom stereocenters. The highest BCUT2D eigenvalue weighted by atomic mass is 79.9. The van der Waals surface area contributed by atoms with E-state index in [4.69, 9.17) is 0 Å². The number of pyridine rings is 1. The van der Waals surface area contributed by atoms with Gasteiger partial charge in [0.1, 0.15) is 0 Å². The van der Waals surface area contributed by atoms with Crippen LogP contribution < -0.4 is 0 Å². The number of aromatic nitrogens is 1. The molecule has 2 aromatic rings. The lowest BCUT2D eigenvalue weighted by Gasteiger charge is -2.30. The molecule has 1 aliphatic heterocycles. The average Bonchev–Trinajstić information content (AvgIpc) is 2.39. The van der Waals surface area contributed by atoms with Gasteiger partial charge in [0, 0.05) is 29.5 Å². The van der Waals surface area contributed by atoms with Gasteiger partial charge in [-0.25, -0.2) is 0 Å². The Balaban J connectivity index is 1.86. The highest BCUT2D eigenvalue weighted by Gasteiger charge is 2.18. The van der Waals surface area contributed by atoms with Crippen LogP contribution in [0.4, 0.5) is 0 Å². The highest BCUT2D eigenvalue weighted by Crippen LogP contribution is 2.22. The molecule has 0 saturated carbocycles. The summed E-state index contributed by atoms with van der Waals surface area (Å²) in [6, 6.07) is 10.6. The molecule has 1 fully saturated rings. The summed E-state index contributed by atoms with van der Waals surface area (Å²) in [6.45, 7) is 3.35. The minimum Gasteiger partial charge on any atom is -0.298 e. The predicted molar refractivity (Wildman–Crippen MR) is 79.0 cm³/mol. The van der Waals surface area contributed by atoms with E-state index in [2.05, 4.69) is 50.1 Å². The molecule has 0 radical (unpaired) electrons. The Kier molecular flexibility index (Phi) is 3.62. The summed E-state index contributed by atoms with van der Waals surface area (Å²) >= 11 is 3.73. The van der Waals surface area contributed by atoms with Gasteiger partial charge in [0.05, 0.1) is 5.52 Å². The maximum atomic E-state index is 4.53. The van der Waals surface area contributed by atoms with E-state index in [-0.39, 0.29) is 0 Å². The topological polar surface area (TPSA) is 16.1 Å². The summed E-state index contributed by atoms with van der Waals surface area (Å²) in [5.41, 5.74) is 2.49. The van der Waals surface area contributed by atoms with Crippen molar-refractivity contribution in [2.75, 3.05) is 13.1 Å². The van der Waals surface area contributed by atoms with Gasteiger partial charge in [0.25, 0.3) is 0 Å². The SMILES string of the molecule is BrC1CCCN(Cc2cccc3cccnc23)C1. The molecule has 1 aliphatic rings. The molecule has 3 heteroatoms. The minimum atomic E-state index is 0.647. The summed E-state index contributed by atoms with van der Waals surface area (Å²) in [6.07, 6.45) is 4.47. The van der Waals surface area contributed by atoms with Crippen molar-refractivity contribution in [1.82, 2.24) is 9.88 Å². The zero-order valence-electron chi connectivity index (χ0n) is 10.3. The Morgan fingerprint density at radius 1 is 1.28 bits per heavy atom. The Labute approximate surface area is 116 Å². The second-order valence-corrected chi connectivity index (χ2v) is 6.26. The van der Waals surface area contributed by atoms with Gasteiger partial charge in [-0.05, 0) is 31.0 Å². The van der Waals surface area contributed by atoms with Crippen LogP contribution in [0.2, 0.25) is 0 Å². The fourth-order valence-corrected chi connectivity index (χ4v) is 3.41. The van der Waals surface area contributed by atoms with Gasteiger partial charge in [-0.1, -0.05) is 40.2 Å². The van der Waals surface area contributed by atoms with E-state index in [1.54, 1.807) is 0 Å². The molecule has 3 rings (SSSR count). The second kappa shape index (κ2) is 5.37. The number of alkyl halides is 1. The van der Waals surface area contributed by atoms with E-state index >= 15 is 0 Å². The first kappa shape index (κ1) is 12.1. The standard InChI is InChI=1S/C15H17BrN2/c16-14-7-3-9-18(11-14)10-13-5-1-4-12-6-2-8-17-15(12)13/h1-2,4-6,8,14H,3,7,9-11H2. The number of hydrogen-bond donors (Lipinski definition) is 0. The fourth-order valence-electron chi connectivity index (χ4n) is 2.68. The van der Waals surface area contributed by atoms with Gasteiger partial charge in [0.2, 0.25) is 0 Å². The molecule has 1 aromatic heterocycles. The number of benzene rings is 1. The van der Waals surface area contributed by atoms with Gasteiger partial charge >= 0.3 is 0 Å². The third kappa shape index (κ3) is 2.57. The van der Waals surface area contributed by atoms with Crippen molar-refractivity contribution in [2.45, 2.75) is 24.2 Å². The summed E-state index contributed by atoms with van der Waals surface area (Å²) in [4.78, 5) is 7.69. The number of fused-ring (bicyclic) bond motifs is 1. The highest BCUT2D eigenvalue weighted by molar-refractivity contribution is 9.09. The molecule has 1 saturated heterocycles. The predicted octanol–water partition coefficient (Wildman–Crippen LogP) is 3.59. The van der Waals surface area contributed by atoms with E-state index < -0.39 is 0 Å². The van der Waals surface area contributed by atoms with Crippen LogP contribution in [0, 0.1) is 0 Å². The zero-order chi connectivity index (χ0) is 12.4. The lowest BCUT2D eigenvalue weighted by molar-refractivity contribution is 0.228. The van der Waals surface area contributed by atoms with Crippen LogP contribution in [-0.4, -0.2) is 27.8 Å². The Bertz CT molecular complexity index is 536. The summed E-state index contributed by atoms with van der Waals surface area (Å²) < 4.78 is 0. The molecular weight excluding hydrogens is 288 g/mol. The summed E-state index contributed by atoms with van der Waals surface area (Å²) in [5.74, 6) is 0. The molecule has 1 unspecified atom stereocenters. The van der Waals surface area contributed by atoms with E-state index in [1.165, 1.54) is 30.3 Å². The monoisotopic (exact) mass is 304 g/mol. The number of para-hydroxylation sites is 1. The lowest BCUT2D eigenvalue weighted by atomic mass is 10.1. The van der Waals surface area contributed by atoms with Crippen molar-refractivity contribution in [3.05, 3.63) is 42.1 Å². The lowest BCUT2D eigenvalue weighted by Crippen LogP contribution is -2.35. The maximum Gasteiger partial charge on any atom is 0.0746 e. The van der Waals surface area contributed by atoms with Gasteiger partial charge in [-0.3, -0.25) is 9.88 Å². The fraction of sp³-hybridized carbons (Fsp3) is 0.400. The van der Waals surface area contributed by atoms with Crippen LogP contribution in [0.1, 0.15) is 18.4 Å². The van der Waals surface area contributed by atoms with Crippen LogP contribution in [0.5, 0.6) is 0 Å². The first-order valence-corrected chi connectivity index (χ1v) is 7.43. The first-order valence-electron chi connectivity index (χ1n) is 6.52. The van der Waals surface area contributed by atoms with Gasteiger partial charge in [0.15, 0.2) is 0 Å². The van der Waals surface area contributed by atoms with Gasteiger partial charge in [-0.15, -0.1) is 0 Å². The molecule has 0 N–H and O–H groups in total. The number of hydrogen-bond acceptors (Lipinski definition) is 2. The molecule has 0 aliphatic carbocycles. The molecule has 1 aromatic carbocycles. The number of likely N-dealkylation sites (tertiary alicyclic amines) is 1. The second-order valence-electron chi connectivity index (χ2n) is 4.97. The molecule has 2 nitrogen and oxygen atoms in total. The van der Waals surface area contributed by atoms with E-state index in [9.17, 15) is 0 Å². The Morgan fingerprint density at radius 2 is 2.17 bits per heavy atom. The first-order chi connectivity index (χ1) is 8.83. The van der Waals surface area contributed by atoms with Crippen molar-refractivity contribution < 1.29 is 0 Å². The van der Waals surface area contributed by atoms with Crippen LogP contribution in [0.3, 0.4) is 0 Å². The molecule has 94 valence electrons. The third-order valence-corrected chi connectivity index (χ3v) is 4.31. The van der Waals surface area contributed by atoms with Crippen molar-refractivity contribution >= 4 is 26.8 Å². The average molecular weight is 305 g/mol. The Morgan fingerprint density at radius 3 is 3.06 bits per heavy atom. The third-order valence-electron chi connectivity index (χ3n) is 3.56. The number of halogens is 1. The molecular formula is C15H17BrN2. The molecule has 2 heterocycles. The number of rotatable bonds is 2. The van der Waals surface area contributed by atoms with Crippen molar-refractivity contribution in [3.63, 3.8) is 0 Å². The van der Waals surface area contributed by atoms with Crippen molar-refractivity contribution in [3.8, 4) is 0 Å². The molecule has 0 spiro atoms. The molecule has 0 amide bonds. The van der Waals surface area contributed by atoms with Crippen LogP contribution in [-0.2, 0) is 6.54 Å². The smallest absolute Gasteiger partial charge is 0.0746 e. The Hall–Kier alpha value is -0.930.